The van der Waals surface area contributed by atoms with E-state index in [9.17, 15) is 0 Å². The van der Waals surface area contributed by atoms with E-state index < -0.39 is 0 Å². The first-order valence-corrected chi connectivity index (χ1v) is 12.4. The molecule has 0 spiro atoms. The summed E-state index contributed by atoms with van der Waals surface area (Å²) in [4.78, 5) is 0. The van der Waals surface area contributed by atoms with Gasteiger partial charge in [0.25, 0.3) is 0 Å². The van der Waals surface area contributed by atoms with E-state index in [4.69, 9.17) is 5.10 Å². The van der Waals surface area contributed by atoms with Crippen molar-refractivity contribution in [2.45, 2.75) is 64.6 Å². The highest BCUT2D eigenvalue weighted by molar-refractivity contribution is 6.07. The van der Waals surface area contributed by atoms with Gasteiger partial charge in [-0.25, -0.2) is 0 Å². The molecule has 3 heteroatoms. The predicted molar refractivity (Wildman–Crippen MR) is 139 cm³/mol. The molecule has 3 aromatic carbocycles. The van der Waals surface area contributed by atoms with Crippen molar-refractivity contribution in [2.24, 2.45) is 10.5 Å². The largest absolute Gasteiger partial charge is 0.310 e. The van der Waals surface area contributed by atoms with E-state index in [1.54, 1.807) is 0 Å². The fourth-order valence-electron chi connectivity index (χ4n) is 5.49. The summed E-state index contributed by atoms with van der Waals surface area (Å²) in [6, 6.07) is 31.2. The Hall–Kier alpha value is -2.91. The van der Waals surface area contributed by atoms with Gasteiger partial charge in [-0.15, -0.1) is 0 Å². The second-order valence-electron chi connectivity index (χ2n) is 10.1. The van der Waals surface area contributed by atoms with E-state index in [0.717, 1.165) is 17.9 Å². The minimum atomic E-state index is -0.135. The third-order valence-corrected chi connectivity index (χ3v) is 7.31. The molecule has 0 saturated heterocycles. The minimum Gasteiger partial charge on any atom is -0.310 e. The van der Waals surface area contributed by atoms with Crippen LogP contribution in [0.2, 0.25) is 0 Å². The lowest BCUT2D eigenvalue weighted by molar-refractivity contribution is 0.372. The Bertz CT molecular complexity index is 1060. The molecular formula is C30H35N3. The summed E-state index contributed by atoms with van der Waals surface area (Å²) in [6.07, 6.45) is 6.76. The number of nitrogens with one attached hydrogen (secondary N) is 1. The molecule has 0 amide bonds. The van der Waals surface area contributed by atoms with Gasteiger partial charge in [-0.1, -0.05) is 106 Å². The Morgan fingerprint density at radius 1 is 0.818 bits per heavy atom. The van der Waals surface area contributed by atoms with Gasteiger partial charge in [0, 0.05) is 18.0 Å². The van der Waals surface area contributed by atoms with E-state index in [0.29, 0.717) is 6.04 Å². The standard InChI is InChI=1S/C30H35N3/c1-30(2)28(24-12-6-3-7-13-24)32-33(29(30)25-14-8-4-9-15-25)27-20-18-23(19-21-27)22-31-26-16-10-5-11-17-26/h3-4,6-9,12-15,18-21,26,29,31H,5,10-11,16-17,22H2,1-2H3/t29-/m0/s1. The third kappa shape index (κ3) is 4.60. The maximum atomic E-state index is 5.22. The van der Waals surface area contributed by atoms with E-state index in [2.05, 4.69) is 109 Å². The van der Waals surface area contributed by atoms with Crippen LogP contribution < -0.4 is 10.3 Å². The van der Waals surface area contributed by atoms with Gasteiger partial charge < -0.3 is 5.32 Å². The summed E-state index contributed by atoms with van der Waals surface area (Å²) in [5, 5.41) is 11.2. The maximum Gasteiger partial charge on any atom is 0.0882 e. The lowest BCUT2D eigenvalue weighted by Crippen LogP contribution is -2.33. The van der Waals surface area contributed by atoms with Crippen molar-refractivity contribution in [3.05, 3.63) is 102 Å². The Labute approximate surface area is 198 Å². The Balaban J connectivity index is 1.43. The Morgan fingerprint density at radius 2 is 1.45 bits per heavy atom. The van der Waals surface area contributed by atoms with Crippen LogP contribution in [0, 0.1) is 5.41 Å². The maximum absolute atomic E-state index is 5.22. The second kappa shape index (κ2) is 9.52. The molecule has 5 rings (SSSR count). The summed E-state index contributed by atoms with van der Waals surface area (Å²) in [5.41, 5.74) is 5.97. The van der Waals surface area contributed by atoms with Crippen molar-refractivity contribution >= 4 is 11.4 Å². The van der Waals surface area contributed by atoms with Crippen molar-refractivity contribution in [3.63, 3.8) is 0 Å². The molecule has 170 valence electrons. The summed E-state index contributed by atoms with van der Waals surface area (Å²) in [5.74, 6) is 0. The van der Waals surface area contributed by atoms with Crippen LogP contribution in [-0.4, -0.2) is 11.8 Å². The van der Waals surface area contributed by atoms with Gasteiger partial charge in [0.2, 0.25) is 0 Å². The summed E-state index contributed by atoms with van der Waals surface area (Å²) < 4.78 is 0. The number of anilines is 1. The second-order valence-corrected chi connectivity index (χ2v) is 10.1. The molecule has 33 heavy (non-hydrogen) atoms. The van der Waals surface area contributed by atoms with Crippen molar-refractivity contribution in [3.8, 4) is 0 Å². The molecule has 0 bridgehead atoms. The van der Waals surface area contributed by atoms with Crippen LogP contribution in [0.4, 0.5) is 5.69 Å². The van der Waals surface area contributed by atoms with Crippen LogP contribution in [0.5, 0.6) is 0 Å². The van der Waals surface area contributed by atoms with Crippen LogP contribution in [-0.2, 0) is 6.54 Å². The predicted octanol–water partition coefficient (Wildman–Crippen LogP) is 7.10. The molecule has 1 heterocycles. The van der Waals surface area contributed by atoms with Crippen LogP contribution in [0.1, 0.15) is 68.7 Å². The zero-order valence-corrected chi connectivity index (χ0v) is 19.9. The number of hydrazone groups is 1. The number of hydrogen-bond acceptors (Lipinski definition) is 3. The molecule has 2 aliphatic rings. The number of nitrogens with zero attached hydrogens (tertiary/aromatic N) is 2. The van der Waals surface area contributed by atoms with Gasteiger partial charge in [-0.05, 0) is 41.7 Å². The van der Waals surface area contributed by atoms with E-state index in [-0.39, 0.29) is 11.5 Å². The minimum absolute atomic E-state index is 0.135. The fraction of sp³-hybridized carbons (Fsp3) is 0.367. The quantitative estimate of drug-likeness (QED) is 0.445. The molecule has 0 unspecified atom stereocenters. The van der Waals surface area contributed by atoms with Gasteiger partial charge in [-0.3, -0.25) is 5.01 Å². The summed E-state index contributed by atoms with van der Waals surface area (Å²) >= 11 is 0. The lowest BCUT2D eigenvalue weighted by atomic mass is 9.75. The molecule has 1 aliphatic heterocycles. The Morgan fingerprint density at radius 3 is 2.12 bits per heavy atom. The van der Waals surface area contributed by atoms with Crippen LogP contribution in [0.15, 0.2) is 90.0 Å². The van der Waals surface area contributed by atoms with Crippen LogP contribution >= 0.6 is 0 Å². The number of hydrogen-bond donors (Lipinski definition) is 1. The molecule has 3 nitrogen and oxygen atoms in total. The molecule has 1 N–H and O–H groups in total. The molecule has 0 aromatic heterocycles. The summed E-state index contributed by atoms with van der Waals surface area (Å²) in [7, 11) is 0. The highest BCUT2D eigenvalue weighted by atomic mass is 15.5. The van der Waals surface area contributed by atoms with Gasteiger partial charge in [0.05, 0.1) is 17.4 Å². The first kappa shape index (κ1) is 21.9. The molecule has 3 aromatic rings. The normalized spacial score (nSPS) is 20.6. The number of rotatable bonds is 6. The van der Waals surface area contributed by atoms with Crippen molar-refractivity contribution in [2.75, 3.05) is 5.01 Å². The van der Waals surface area contributed by atoms with Gasteiger partial charge in [0.1, 0.15) is 0 Å². The van der Waals surface area contributed by atoms with Crippen LogP contribution in [0.25, 0.3) is 0 Å². The van der Waals surface area contributed by atoms with Gasteiger partial charge >= 0.3 is 0 Å². The molecule has 0 radical (unpaired) electrons. The first-order valence-electron chi connectivity index (χ1n) is 12.4. The van der Waals surface area contributed by atoms with Crippen molar-refractivity contribution in [1.82, 2.24) is 5.32 Å². The molecule has 1 aliphatic carbocycles. The molecule has 1 saturated carbocycles. The Kier molecular flexibility index (Phi) is 6.32. The monoisotopic (exact) mass is 437 g/mol. The van der Waals surface area contributed by atoms with Gasteiger partial charge in [-0.2, -0.15) is 5.10 Å². The average molecular weight is 438 g/mol. The zero-order valence-electron chi connectivity index (χ0n) is 19.9. The molecule has 1 atom stereocenters. The highest BCUT2D eigenvalue weighted by Crippen LogP contribution is 2.48. The number of benzene rings is 3. The SMILES string of the molecule is CC1(C)C(c2ccccc2)=NN(c2ccc(CNC3CCCCC3)cc2)[C@H]1c1ccccc1. The van der Waals surface area contributed by atoms with Gasteiger partial charge in [0.15, 0.2) is 0 Å². The zero-order chi connectivity index (χ0) is 22.7. The fourth-order valence-corrected chi connectivity index (χ4v) is 5.49. The van der Waals surface area contributed by atoms with Crippen molar-refractivity contribution < 1.29 is 0 Å². The molecule has 1 fully saturated rings. The lowest BCUT2D eigenvalue weighted by Gasteiger charge is -2.33. The van der Waals surface area contributed by atoms with Crippen molar-refractivity contribution in [1.29, 1.82) is 0 Å². The smallest absolute Gasteiger partial charge is 0.0882 e. The van der Waals surface area contributed by atoms with E-state index in [1.165, 1.54) is 48.8 Å². The third-order valence-electron chi connectivity index (χ3n) is 7.31. The molecular weight excluding hydrogens is 402 g/mol. The topological polar surface area (TPSA) is 27.6 Å². The van der Waals surface area contributed by atoms with Crippen LogP contribution in [0.3, 0.4) is 0 Å². The highest BCUT2D eigenvalue weighted by Gasteiger charge is 2.46. The summed E-state index contributed by atoms with van der Waals surface area (Å²) in [6.45, 7) is 5.58. The first-order chi connectivity index (χ1) is 16.1. The van der Waals surface area contributed by atoms with E-state index >= 15 is 0 Å². The van der Waals surface area contributed by atoms with E-state index in [1.807, 2.05) is 0 Å². The average Bonchev–Trinajstić information content (AvgIpc) is 3.15.